The lowest BCUT2D eigenvalue weighted by molar-refractivity contribution is -0.145. The molecule has 0 aromatic carbocycles. The molecule has 0 radical (unpaired) electrons. The first-order chi connectivity index (χ1) is 6.79. The molecule has 0 bridgehead atoms. The minimum absolute atomic E-state index is 0.321. The van der Waals surface area contributed by atoms with Crippen LogP contribution in [0.3, 0.4) is 0 Å². The molecule has 4 heteroatoms. The Kier molecular flexibility index (Phi) is 3.71. The second-order valence-electron chi connectivity index (χ2n) is 4.10. The van der Waals surface area contributed by atoms with Gasteiger partial charge >= 0.3 is 0 Å². The number of thioether (sulfide) groups is 1. The maximum atomic E-state index is 5.54. The first-order valence-electron chi connectivity index (χ1n) is 5.38. The summed E-state index contributed by atoms with van der Waals surface area (Å²) in [7, 11) is 0. The van der Waals surface area contributed by atoms with E-state index in [9.17, 15) is 0 Å². The van der Waals surface area contributed by atoms with Crippen LogP contribution < -0.4 is 5.32 Å². The minimum atomic E-state index is -0.321. The van der Waals surface area contributed by atoms with Crippen molar-refractivity contribution in [1.29, 1.82) is 0 Å². The molecule has 1 atom stereocenters. The Labute approximate surface area is 89.9 Å². The third-order valence-corrected chi connectivity index (χ3v) is 4.00. The summed E-state index contributed by atoms with van der Waals surface area (Å²) in [5, 5.41) is 3.55. The molecule has 0 amide bonds. The molecule has 2 heterocycles. The van der Waals surface area contributed by atoms with Crippen molar-refractivity contribution in [3.63, 3.8) is 0 Å². The predicted molar refractivity (Wildman–Crippen MR) is 58.7 cm³/mol. The van der Waals surface area contributed by atoms with Crippen LogP contribution in [0, 0.1) is 0 Å². The number of ether oxygens (including phenoxy) is 2. The molecule has 0 aliphatic carbocycles. The van der Waals surface area contributed by atoms with E-state index in [1.807, 2.05) is 18.7 Å². The van der Waals surface area contributed by atoms with E-state index in [-0.39, 0.29) is 5.79 Å². The standard InChI is InChI=1S/C10H19NO2S/c1-10(12-5-6-13-10)3-4-11-9-2-7-14-8-9/h9,11H,2-8H2,1H3. The summed E-state index contributed by atoms with van der Waals surface area (Å²) in [5.41, 5.74) is 0. The fraction of sp³-hybridized carbons (Fsp3) is 1.00. The molecule has 1 unspecified atom stereocenters. The largest absolute Gasteiger partial charge is 0.348 e. The van der Waals surface area contributed by atoms with Gasteiger partial charge in [0, 0.05) is 24.8 Å². The van der Waals surface area contributed by atoms with Crippen molar-refractivity contribution in [2.24, 2.45) is 0 Å². The molecule has 1 N–H and O–H groups in total. The fourth-order valence-corrected chi connectivity index (χ4v) is 3.09. The molecule has 0 aromatic rings. The molecule has 0 spiro atoms. The zero-order valence-corrected chi connectivity index (χ0v) is 9.57. The summed E-state index contributed by atoms with van der Waals surface area (Å²) < 4.78 is 11.1. The molecule has 2 fully saturated rings. The van der Waals surface area contributed by atoms with Gasteiger partial charge in [-0.2, -0.15) is 11.8 Å². The molecular formula is C10H19NO2S. The molecule has 0 aromatic heterocycles. The van der Waals surface area contributed by atoms with E-state index in [0.717, 1.165) is 26.2 Å². The lowest BCUT2D eigenvalue weighted by atomic mass is 10.2. The van der Waals surface area contributed by atoms with Gasteiger partial charge in [-0.05, 0) is 19.1 Å². The highest BCUT2D eigenvalue weighted by Crippen LogP contribution is 2.22. The molecule has 82 valence electrons. The molecule has 3 nitrogen and oxygen atoms in total. The predicted octanol–water partition coefficient (Wildman–Crippen LogP) is 1.23. The van der Waals surface area contributed by atoms with Crippen LogP contribution in [0.4, 0.5) is 0 Å². The average molecular weight is 217 g/mol. The van der Waals surface area contributed by atoms with Crippen LogP contribution in [0.5, 0.6) is 0 Å². The summed E-state index contributed by atoms with van der Waals surface area (Å²) in [4.78, 5) is 0. The highest BCUT2D eigenvalue weighted by atomic mass is 32.2. The first kappa shape index (κ1) is 10.7. The smallest absolute Gasteiger partial charge is 0.166 e. The van der Waals surface area contributed by atoms with E-state index in [4.69, 9.17) is 9.47 Å². The molecule has 2 aliphatic rings. The van der Waals surface area contributed by atoms with Crippen molar-refractivity contribution in [3.05, 3.63) is 0 Å². The second kappa shape index (κ2) is 4.84. The fourth-order valence-electron chi connectivity index (χ4n) is 1.90. The maximum Gasteiger partial charge on any atom is 0.166 e. The lowest BCUT2D eigenvalue weighted by Gasteiger charge is -2.23. The van der Waals surface area contributed by atoms with E-state index in [1.165, 1.54) is 17.9 Å². The maximum absolute atomic E-state index is 5.54. The van der Waals surface area contributed by atoms with Gasteiger partial charge in [-0.1, -0.05) is 0 Å². The van der Waals surface area contributed by atoms with Crippen molar-refractivity contribution in [1.82, 2.24) is 5.32 Å². The summed E-state index contributed by atoms with van der Waals surface area (Å²) in [6.07, 6.45) is 2.26. The van der Waals surface area contributed by atoms with Gasteiger partial charge in [0.15, 0.2) is 5.79 Å². The lowest BCUT2D eigenvalue weighted by Crippen LogP contribution is -2.35. The van der Waals surface area contributed by atoms with E-state index in [2.05, 4.69) is 5.32 Å². The van der Waals surface area contributed by atoms with Crippen molar-refractivity contribution >= 4 is 11.8 Å². The van der Waals surface area contributed by atoms with Gasteiger partial charge < -0.3 is 14.8 Å². The highest BCUT2D eigenvalue weighted by Gasteiger charge is 2.30. The van der Waals surface area contributed by atoms with Gasteiger partial charge in [-0.25, -0.2) is 0 Å². The van der Waals surface area contributed by atoms with Crippen molar-refractivity contribution in [3.8, 4) is 0 Å². The third-order valence-electron chi connectivity index (χ3n) is 2.84. The first-order valence-corrected chi connectivity index (χ1v) is 6.53. The highest BCUT2D eigenvalue weighted by molar-refractivity contribution is 7.99. The van der Waals surface area contributed by atoms with E-state index in [1.54, 1.807) is 0 Å². The van der Waals surface area contributed by atoms with E-state index >= 15 is 0 Å². The minimum Gasteiger partial charge on any atom is -0.348 e. The molecule has 14 heavy (non-hydrogen) atoms. The number of nitrogens with one attached hydrogen (secondary N) is 1. The Hall–Kier alpha value is 0.230. The van der Waals surface area contributed by atoms with Crippen molar-refractivity contribution < 1.29 is 9.47 Å². The quantitative estimate of drug-likeness (QED) is 0.767. The summed E-state index contributed by atoms with van der Waals surface area (Å²) in [6, 6.07) is 0.713. The SMILES string of the molecule is CC1(CCNC2CCSC2)OCCO1. The van der Waals surface area contributed by atoms with Gasteiger partial charge in [0.2, 0.25) is 0 Å². The summed E-state index contributed by atoms with van der Waals surface area (Å²) in [5.74, 6) is 2.25. The van der Waals surface area contributed by atoms with E-state index in [0.29, 0.717) is 6.04 Å². The average Bonchev–Trinajstić information content (AvgIpc) is 2.77. The molecule has 2 rings (SSSR count). The number of hydrogen-bond donors (Lipinski definition) is 1. The van der Waals surface area contributed by atoms with Crippen molar-refractivity contribution in [2.45, 2.75) is 31.6 Å². The van der Waals surface area contributed by atoms with Gasteiger partial charge in [-0.15, -0.1) is 0 Å². The normalized spacial score (nSPS) is 31.1. The zero-order valence-electron chi connectivity index (χ0n) is 8.75. The molecule has 0 saturated carbocycles. The Bertz CT molecular complexity index is 177. The van der Waals surface area contributed by atoms with Crippen molar-refractivity contribution in [2.75, 3.05) is 31.3 Å². The van der Waals surface area contributed by atoms with Crippen LogP contribution in [0.1, 0.15) is 19.8 Å². The van der Waals surface area contributed by atoms with Crippen LogP contribution in [-0.2, 0) is 9.47 Å². The van der Waals surface area contributed by atoms with Crippen LogP contribution in [0.2, 0.25) is 0 Å². The molecule has 2 saturated heterocycles. The summed E-state index contributed by atoms with van der Waals surface area (Å²) in [6.45, 7) is 4.53. The van der Waals surface area contributed by atoms with Gasteiger partial charge in [0.05, 0.1) is 13.2 Å². The van der Waals surface area contributed by atoms with Crippen LogP contribution in [-0.4, -0.2) is 43.1 Å². The summed E-state index contributed by atoms with van der Waals surface area (Å²) >= 11 is 2.04. The Morgan fingerprint density at radius 1 is 1.43 bits per heavy atom. The Morgan fingerprint density at radius 3 is 2.86 bits per heavy atom. The van der Waals surface area contributed by atoms with Crippen LogP contribution >= 0.6 is 11.8 Å². The molecular weight excluding hydrogens is 198 g/mol. The topological polar surface area (TPSA) is 30.5 Å². The van der Waals surface area contributed by atoms with Crippen LogP contribution in [0.15, 0.2) is 0 Å². The number of rotatable bonds is 4. The Balaban J connectivity index is 1.61. The zero-order chi connectivity index (χ0) is 9.86. The van der Waals surface area contributed by atoms with Crippen LogP contribution in [0.25, 0.3) is 0 Å². The monoisotopic (exact) mass is 217 g/mol. The third kappa shape index (κ3) is 2.86. The second-order valence-corrected chi connectivity index (χ2v) is 5.25. The van der Waals surface area contributed by atoms with Gasteiger partial charge in [-0.3, -0.25) is 0 Å². The van der Waals surface area contributed by atoms with Gasteiger partial charge in [0.25, 0.3) is 0 Å². The van der Waals surface area contributed by atoms with Gasteiger partial charge in [0.1, 0.15) is 0 Å². The molecule has 2 aliphatic heterocycles. The number of hydrogen-bond acceptors (Lipinski definition) is 4. The van der Waals surface area contributed by atoms with E-state index < -0.39 is 0 Å². The Morgan fingerprint density at radius 2 is 2.21 bits per heavy atom.